The van der Waals surface area contributed by atoms with E-state index < -0.39 is 23.6 Å². The summed E-state index contributed by atoms with van der Waals surface area (Å²) in [6.45, 7) is 5.19. The molecule has 0 aliphatic rings. The maximum atomic E-state index is 12.5. The van der Waals surface area contributed by atoms with E-state index in [-0.39, 0.29) is 34.6 Å². The van der Waals surface area contributed by atoms with E-state index in [1.54, 1.807) is 18.2 Å². The topological polar surface area (TPSA) is 138 Å². The molecule has 0 spiro atoms. The van der Waals surface area contributed by atoms with Crippen molar-refractivity contribution in [3.05, 3.63) is 52.6 Å². The average molecular weight is 503 g/mol. The van der Waals surface area contributed by atoms with E-state index in [2.05, 4.69) is 0 Å². The minimum Gasteiger partial charge on any atom is -0.507 e. The molecule has 3 N–H and O–H groups in total. The summed E-state index contributed by atoms with van der Waals surface area (Å²) in [4.78, 5) is 47.5. The molecule has 0 heterocycles. The molecule has 2 aromatic rings. The number of thioether (sulfide) groups is 1. The Labute approximate surface area is 208 Å². The second-order valence-corrected chi connectivity index (χ2v) is 9.34. The highest BCUT2D eigenvalue weighted by Gasteiger charge is 2.23. The summed E-state index contributed by atoms with van der Waals surface area (Å²) in [5, 5.41) is 28.9. The number of carboxylic acids is 2. The van der Waals surface area contributed by atoms with Gasteiger partial charge in [0.25, 0.3) is 0 Å². The first-order valence-corrected chi connectivity index (χ1v) is 12.3. The lowest BCUT2D eigenvalue weighted by Gasteiger charge is -2.15. The van der Waals surface area contributed by atoms with Crippen molar-refractivity contribution in [2.45, 2.75) is 51.3 Å². The summed E-state index contributed by atoms with van der Waals surface area (Å²) in [7, 11) is 0. The number of Topliss-reactive ketones (excluding diaryl/α,β-unsaturated/α-hetero) is 2. The Hall–Kier alpha value is -3.33. The molecule has 1 atom stereocenters. The second kappa shape index (κ2) is 12.9. The lowest BCUT2D eigenvalue weighted by Crippen LogP contribution is -2.18. The molecule has 0 radical (unpaired) electrons. The molecule has 9 heteroatoms. The van der Waals surface area contributed by atoms with Crippen molar-refractivity contribution in [1.82, 2.24) is 0 Å². The number of benzene rings is 2. The van der Waals surface area contributed by atoms with Gasteiger partial charge in [-0.3, -0.25) is 14.4 Å². The number of hydrogen-bond acceptors (Lipinski definition) is 7. The number of carboxylic acid groups (broad SMARTS) is 2. The van der Waals surface area contributed by atoms with Crippen LogP contribution in [0.1, 0.15) is 76.7 Å². The summed E-state index contributed by atoms with van der Waals surface area (Å²) in [6, 6.07) is 7.74. The molecule has 0 aromatic heterocycles. The molecule has 0 fully saturated rings. The Balaban J connectivity index is 2.01. The number of rotatable bonds is 14. The summed E-state index contributed by atoms with van der Waals surface area (Å²) >= 11 is 1.41. The molecular weight excluding hydrogens is 472 g/mol. The Kier molecular flexibility index (Phi) is 10.3. The normalized spacial score (nSPS) is 11.6. The fourth-order valence-electron chi connectivity index (χ4n) is 3.58. The van der Waals surface area contributed by atoms with Crippen LogP contribution in [-0.2, 0) is 11.2 Å². The number of ether oxygens (including phenoxy) is 1. The highest BCUT2D eigenvalue weighted by atomic mass is 32.2. The van der Waals surface area contributed by atoms with Crippen molar-refractivity contribution in [3.8, 4) is 11.5 Å². The molecule has 0 bridgehead atoms. The fourth-order valence-corrected chi connectivity index (χ4v) is 4.45. The Morgan fingerprint density at radius 1 is 1.03 bits per heavy atom. The van der Waals surface area contributed by atoms with Crippen molar-refractivity contribution in [2.75, 3.05) is 12.4 Å². The third kappa shape index (κ3) is 7.58. The van der Waals surface area contributed by atoms with Gasteiger partial charge in [-0.15, -0.1) is 11.8 Å². The molecule has 0 amide bonds. The van der Waals surface area contributed by atoms with Crippen LogP contribution in [-0.4, -0.2) is 51.2 Å². The molecule has 0 aliphatic heterocycles. The number of phenols is 1. The van der Waals surface area contributed by atoms with Crippen molar-refractivity contribution in [1.29, 1.82) is 0 Å². The lowest BCUT2D eigenvalue weighted by molar-refractivity contribution is -0.137. The van der Waals surface area contributed by atoms with Crippen LogP contribution in [0.5, 0.6) is 11.5 Å². The maximum absolute atomic E-state index is 12.5. The molecule has 0 saturated heterocycles. The van der Waals surface area contributed by atoms with Gasteiger partial charge in [0.15, 0.2) is 11.6 Å². The number of aromatic hydroxyl groups is 1. The molecule has 2 aromatic carbocycles. The van der Waals surface area contributed by atoms with Crippen LogP contribution in [0, 0.1) is 5.92 Å². The van der Waals surface area contributed by atoms with Gasteiger partial charge in [0.05, 0.1) is 24.2 Å². The van der Waals surface area contributed by atoms with E-state index >= 15 is 0 Å². The first-order valence-electron chi connectivity index (χ1n) is 11.3. The quantitative estimate of drug-likeness (QED) is 0.183. The zero-order valence-corrected chi connectivity index (χ0v) is 20.8. The molecule has 35 heavy (non-hydrogen) atoms. The minimum atomic E-state index is -1.25. The maximum Gasteiger partial charge on any atom is 0.336 e. The molecule has 8 nitrogen and oxygen atoms in total. The number of hydrogen-bond donors (Lipinski definition) is 3. The van der Waals surface area contributed by atoms with Gasteiger partial charge in [-0.25, -0.2) is 4.79 Å². The first-order chi connectivity index (χ1) is 16.6. The van der Waals surface area contributed by atoms with Crippen LogP contribution >= 0.6 is 11.8 Å². The summed E-state index contributed by atoms with van der Waals surface area (Å²) in [5.74, 6) is -2.83. The standard InChI is InChI=1S/C26H30O8S/c1-4-6-20-22(10-9-18(16(3)27)25(20)31)34-11-5-12-35-17-7-8-19(21(14-17)26(32)33)24(30)15(2)13-23(28)29/h7-10,14-15,31H,4-6,11-13H2,1-3H3,(H,28,29)(H,32,33). The fraction of sp³-hybridized carbons (Fsp3) is 0.385. The van der Waals surface area contributed by atoms with Gasteiger partial charge in [0, 0.05) is 27.7 Å². The van der Waals surface area contributed by atoms with Gasteiger partial charge in [-0.1, -0.05) is 20.3 Å². The van der Waals surface area contributed by atoms with Crippen LogP contribution in [0.25, 0.3) is 0 Å². The number of carbonyl (C=O) groups excluding carboxylic acids is 2. The Morgan fingerprint density at radius 3 is 2.31 bits per heavy atom. The SMILES string of the molecule is CCCc1c(OCCCSc2ccc(C(=O)C(C)CC(=O)O)c(C(=O)O)c2)ccc(C(C)=O)c1O. The number of phenolic OH excluding ortho intramolecular Hbond substituents is 1. The summed E-state index contributed by atoms with van der Waals surface area (Å²) in [5.41, 5.74) is 0.719. The highest BCUT2D eigenvalue weighted by Crippen LogP contribution is 2.33. The molecular formula is C26H30O8S. The van der Waals surface area contributed by atoms with Gasteiger partial charge < -0.3 is 20.1 Å². The lowest BCUT2D eigenvalue weighted by atomic mass is 9.93. The van der Waals surface area contributed by atoms with E-state index in [1.165, 1.54) is 37.7 Å². The van der Waals surface area contributed by atoms with Crippen LogP contribution in [0.15, 0.2) is 35.2 Å². The number of aromatic carboxylic acids is 1. The number of carbonyl (C=O) groups is 4. The van der Waals surface area contributed by atoms with E-state index in [1.807, 2.05) is 6.92 Å². The summed E-state index contributed by atoms with van der Waals surface area (Å²) in [6.07, 6.45) is 1.61. The first kappa shape index (κ1) is 27.9. The smallest absolute Gasteiger partial charge is 0.336 e. The predicted molar refractivity (Wildman–Crippen MR) is 132 cm³/mol. The third-order valence-corrected chi connectivity index (χ3v) is 6.43. The minimum absolute atomic E-state index is 0.00352. The molecule has 0 aliphatic carbocycles. The zero-order valence-electron chi connectivity index (χ0n) is 20.0. The van der Waals surface area contributed by atoms with Crippen LogP contribution in [0.3, 0.4) is 0 Å². The van der Waals surface area contributed by atoms with Crippen molar-refractivity contribution < 1.29 is 39.2 Å². The van der Waals surface area contributed by atoms with Crippen LogP contribution in [0.2, 0.25) is 0 Å². The van der Waals surface area contributed by atoms with Crippen molar-refractivity contribution >= 4 is 35.3 Å². The predicted octanol–water partition coefficient (Wildman–Crippen LogP) is 5.10. The second-order valence-electron chi connectivity index (χ2n) is 8.17. The van der Waals surface area contributed by atoms with Crippen LogP contribution in [0.4, 0.5) is 0 Å². The van der Waals surface area contributed by atoms with Gasteiger partial charge >= 0.3 is 11.9 Å². The molecule has 1 unspecified atom stereocenters. The monoisotopic (exact) mass is 502 g/mol. The average Bonchev–Trinajstić information content (AvgIpc) is 2.79. The van der Waals surface area contributed by atoms with E-state index in [0.717, 1.165) is 6.42 Å². The van der Waals surface area contributed by atoms with Crippen molar-refractivity contribution in [2.24, 2.45) is 5.92 Å². The van der Waals surface area contributed by atoms with Gasteiger partial charge in [-0.2, -0.15) is 0 Å². The van der Waals surface area contributed by atoms with Gasteiger partial charge in [0.2, 0.25) is 0 Å². The molecule has 2 rings (SSSR count). The van der Waals surface area contributed by atoms with Crippen molar-refractivity contribution in [3.63, 3.8) is 0 Å². The number of ketones is 2. The van der Waals surface area contributed by atoms with Crippen LogP contribution < -0.4 is 4.74 Å². The van der Waals surface area contributed by atoms with Gasteiger partial charge in [0.1, 0.15) is 11.5 Å². The highest BCUT2D eigenvalue weighted by molar-refractivity contribution is 7.99. The van der Waals surface area contributed by atoms with Gasteiger partial charge in [-0.05, 0) is 50.1 Å². The third-order valence-electron chi connectivity index (χ3n) is 5.35. The van der Waals surface area contributed by atoms with E-state index in [4.69, 9.17) is 9.84 Å². The van der Waals surface area contributed by atoms with E-state index in [0.29, 0.717) is 41.4 Å². The summed E-state index contributed by atoms with van der Waals surface area (Å²) < 4.78 is 5.84. The largest absolute Gasteiger partial charge is 0.507 e. The number of aliphatic carboxylic acids is 1. The Morgan fingerprint density at radius 2 is 1.71 bits per heavy atom. The zero-order chi connectivity index (χ0) is 26.1. The molecule has 0 saturated carbocycles. The Bertz CT molecular complexity index is 1110. The molecule has 188 valence electrons. The van der Waals surface area contributed by atoms with E-state index in [9.17, 15) is 29.4 Å².